The van der Waals surface area contributed by atoms with E-state index in [9.17, 15) is 19.3 Å². The number of hydrogen-bond acceptors (Lipinski definition) is 7. The Morgan fingerprint density at radius 2 is 1.93 bits per heavy atom. The maximum absolute atomic E-state index is 13.5. The van der Waals surface area contributed by atoms with E-state index >= 15 is 0 Å². The number of morpholine rings is 1. The number of non-ortho nitro benzene ring substituents is 1. The zero-order valence-electron chi connectivity index (χ0n) is 15.0. The topological polar surface area (TPSA) is 91.1 Å². The zero-order chi connectivity index (χ0) is 19.9. The van der Waals surface area contributed by atoms with Crippen molar-refractivity contribution < 1.29 is 28.3 Å². The van der Waals surface area contributed by atoms with Gasteiger partial charge in [0.05, 0.1) is 29.4 Å². The van der Waals surface area contributed by atoms with Crippen LogP contribution in [0, 0.1) is 15.9 Å². The highest BCUT2D eigenvalue weighted by atomic mass is 19.1. The van der Waals surface area contributed by atoms with E-state index in [-0.39, 0.29) is 30.2 Å². The number of rotatable bonds is 7. The Hall–Kier alpha value is -3.20. The van der Waals surface area contributed by atoms with Crippen LogP contribution in [0.1, 0.15) is 10.4 Å². The Kier molecular flexibility index (Phi) is 6.38. The van der Waals surface area contributed by atoms with Gasteiger partial charge in [0.15, 0.2) is 11.6 Å². The molecule has 9 heteroatoms. The van der Waals surface area contributed by atoms with Crippen LogP contribution in [0.5, 0.6) is 5.75 Å². The van der Waals surface area contributed by atoms with Crippen molar-refractivity contribution in [2.45, 2.75) is 0 Å². The summed E-state index contributed by atoms with van der Waals surface area (Å²) in [7, 11) is 0. The number of ether oxygens (including phenoxy) is 3. The molecule has 0 aromatic heterocycles. The monoisotopic (exact) mass is 390 g/mol. The Bertz CT molecular complexity index is 854. The number of carbonyl (C=O) groups is 1. The van der Waals surface area contributed by atoms with Crippen molar-refractivity contribution in [1.29, 1.82) is 0 Å². The summed E-state index contributed by atoms with van der Waals surface area (Å²) in [5.74, 6) is -1.16. The van der Waals surface area contributed by atoms with Crippen LogP contribution in [0.3, 0.4) is 0 Å². The van der Waals surface area contributed by atoms with E-state index in [0.717, 1.165) is 0 Å². The number of carbonyl (C=O) groups excluding carboxylic acids is 1. The summed E-state index contributed by atoms with van der Waals surface area (Å²) in [4.78, 5) is 25.0. The average Bonchev–Trinajstić information content (AvgIpc) is 2.72. The van der Waals surface area contributed by atoms with Crippen molar-refractivity contribution in [1.82, 2.24) is 0 Å². The number of hydrogen-bond donors (Lipinski definition) is 0. The van der Waals surface area contributed by atoms with Crippen LogP contribution in [0.25, 0.3) is 0 Å². The molecule has 0 radical (unpaired) electrons. The molecule has 0 N–H and O–H groups in total. The van der Waals surface area contributed by atoms with E-state index in [2.05, 4.69) is 0 Å². The highest BCUT2D eigenvalue weighted by Crippen LogP contribution is 2.27. The second kappa shape index (κ2) is 9.14. The number of para-hydroxylation sites is 1. The first-order chi connectivity index (χ1) is 13.6. The van der Waals surface area contributed by atoms with E-state index < -0.39 is 16.7 Å². The summed E-state index contributed by atoms with van der Waals surface area (Å²) < 4.78 is 29.2. The number of nitrogens with zero attached hydrogens (tertiary/aromatic N) is 2. The summed E-state index contributed by atoms with van der Waals surface area (Å²) in [5, 5.41) is 11.1. The van der Waals surface area contributed by atoms with Crippen molar-refractivity contribution in [3.63, 3.8) is 0 Å². The molecule has 0 saturated carbocycles. The third-order valence-corrected chi connectivity index (χ3v) is 4.17. The highest BCUT2D eigenvalue weighted by molar-refractivity contribution is 5.96. The Balaban J connectivity index is 1.67. The molecule has 0 atom stereocenters. The van der Waals surface area contributed by atoms with E-state index in [1.54, 1.807) is 6.07 Å². The summed E-state index contributed by atoms with van der Waals surface area (Å²) in [6.07, 6.45) is 0. The maximum atomic E-state index is 13.5. The average molecular weight is 390 g/mol. The largest absolute Gasteiger partial charge is 0.487 e. The minimum atomic E-state index is -0.706. The van der Waals surface area contributed by atoms with Gasteiger partial charge in [-0.05, 0) is 18.2 Å². The summed E-state index contributed by atoms with van der Waals surface area (Å²) in [6.45, 7) is 1.96. The van der Waals surface area contributed by atoms with E-state index in [1.807, 2.05) is 4.90 Å². The first-order valence-corrected chi connectivity index (χ1v) is 8.72. The molecular formula is C19H19FN2O6. The maximum Gasteiger partial charge on any atom is 0.340 e. The van der Waals surface area contributed by atoms with Gasteiger partial charge in [0.2, 0.25) is 0 Å². The lowest BCUT2D eigenvalue weighted by Gasteiger charge is -2.30. The molecule has 8 nitrogen and oxygen atoms in total. The SMILES string of the molecule is O=C(OCCOc1ccccc1F)c1cc([N+](=O)[O-])ccc1N1CCOCC1. The fraction of sp³-hybridized carbons (Fsp3) is 0.316. The number of halogens is 1. The van der Waals surface area contributed by atoms with Crippen LogP contribution in [-0.4, -0.2) is 50.4 Å². The first kappa shape index (κ1) is 19.6. The van der Waals surface area contributed by atoms with Gasteiger partial charge in [-0.3, -0.25) is 10.1 Å². The summed E-state index contributed by atoms with van der Waals surface area (Å²) in [6, 6.07) is 9.98. The first-order valence-electron chi connectivity index (χ1n) is 8.72. The van der Waals surface area contributed by atoms with Gasteiger partial charge in [-0.15, -0.1) is 0 Å². The van der Waals surface area contributed by atoms with E-state index in [0.29, 0.717) is 32.0 Å². The third kappa shape index (κ3) is 4.74. The molecule has 1 aliphatic rings. The van der Waals surface area contributed by atoms with Crippen LogP contribution < -0.4 is 9.64 Å². The summed E-state index contributed by atoms with van der Waals surface area (Å²) in [5.41, 5.74) is 0.447. The van der Waals surface area contributed by atoms with Crippen LogP contribution in [0.2, 0.25) is 0 Å². The van der Waals surface area contributed by atoms with Crippen molar-refractivity contribution in [3.05, 3.63) is 64.0 Å². The van der Waals surface area contributed by atoms with Crippen molar-refractivity contribution in [3.8, 4) is 5.75 Å². The lowest BCUT2D eigenvalue weighted by molar-refractivity contribution is -0.384. The van der Waals surface area contributed by atoms with Crippen LogP contribution in [0.4, 0.5) is 15.8 Å². The molecule has 0 bridgehead atoms. The number of benzene rings is 2. The summed E-state index contributed by atoms with van der Waals surface area (Å²) >= 11 is 0. The molecule has 1 aliphatic heterocycles. The van der Waals surface area contributed by atoms with E-state index in [1.165, 1.54) is 36.4 Å². The number of esters is 1. The molecule has 3 rings (SSSR count). The van der Waals surface area contributed by atoms with Crippen molar-refractivity contribution in [2.24, 2.45) is 0 Å². The Labute approximate surface area is 160 Å². The number of nitro groups is 1. The highest BCUT2D eigenvalue weighted by Gasteiger charge is 2.23. The van der Waals surface area contributed by atoms with Gasteiger partial charge < -0.3 is 19.1 Å². The van der Waals surface area contributed by atoms with Crippen LogP contribution >= 0.6 is 0 Å². The second-order valence-corrected chi connectivity index (χ2v) is 5.97. The smallest absolute Gasteiger partial charge is 0.340 e. The van der Waals surface area contributed by atoms with Crippen molar-refractivity contribution in [2.75, 3.05) is 44.4 Å². The van der Waals surface area contributed by atoms with Gasteiger partial charge in [0.25, 0.3) is 5.69 Å². The lowest BCUT2D eigenvalue weighted by atomic mass is 10.1. The molecule has 148 valence electrons. The molecule has 2 aromatic carbocycles. The fourth-order valence-corrected chi connectivity index (χ4v) is 2.81. The second-order valence-electron chi connectivity index (χ2n) is 5.97. The van der Waals surface area contributed by atoms with Gasteiger partial charge in [-0.2, -0.15) is 0 Å². The standard InChI is InChI=1S/C19H19FN2O6/c20-16-3-1-2-4-18(16)27-11-12-28-19(23)15-13-14(22(24)25)5-6-17(15)21-7-9-26-10-8-21/h1-6,13H,7-12H2. The minimum absolute atomic E-state index is 0.0471. The molecular weight excluding hydrogens is 371 g/mol. The molecule has 1 heterocycles. The zero-order valence-corrected chi connectivity index (χ0v) is 15.0. The molecule has 2 aromatic rings. The predicted octanol–water partition coefficient (Wildman–Crippen LogP) is 2.81. The Morgan fingerprint density at radius 1 is 1.18 bits per heavy atom. The Morgan fingerprint density at radius 3 is 2.64 bits per heavy atom. The molecule has 1 fully saturated rings. The van der Waals surface area contributed by atoms with Gasteiger partial charge in [0.1, 0.15) is 13.2 Å². The number of nitro benzene ring substituents is 1. The fourth-order valence-electron chi connectivity index (χ4n) is 2.81. The van der Waals surface area contributed by atoms with Gasteiger partial charge >= 0.3 is 5.97 Å². The molecule has 0 aliphatic carbocycles. The van der Waals surface area contributed by atoms with E-state index in [4.69, 9.17) is 14.2 Å². The minimum Gasteiger partial charge on any atom is -0.487 e. The molecule has 0 spiro atoms. The van der Waals surface area contributed by atoms with Gasteiger partial charge in [-0.1, -0.05) is 12.1 Å². The molecule has 1 saturated heterocycles. The lowest BCUT2D eigenvalue weighted by Crippen LogP contribution is -2.37. The quantitative estimate of drug-likeness (QED) is 0.311. The molecule has 0 amide bonds. The molecule has 0 unspecified atom stereocenters. The molecule has 28 heavy (non-hydrogen) atoms. The van der Waals surface area contributed by atoms with Crippen molar-refractivity contribution >= 4 is 17.3 Å². The third-order valence-electron chi connectivity index (χ3n) is 4.17. The predicted molar refractivity (Wildman–Crippen MR) is 98.3 cm³/mol. The van der Waals surface area contributed by atoms with Crippen LogP contribution in [0.15, 0.2) is 42.5 Å². The normalized spacial score (nSPS) is 13.8. The number of anilines is 1. The van der Waals surface area contributed by atoms with Crippen LogP contribution in [-0.2, 0) is 9.47 Å². The van der Waals surface area contributed by atoms with Gasteiger partial charge in [-0.25, -0.2) is 9.18 Å². The van der Waals surface area contributed by atoms with Gasteiger partial charge in [0, 0.05) is 25.2 Å².